The third-order valence-electron chi connectivity index (χ3n) is 6.13. The third kappa shape index (κ3) is 7.31. The molecule has 2 bridgehead atoms. The average molecular weight is 589 g/mol. The number of allylic oxidation sites excluding steroid dienone is 1. The van der Waals surface area contributed by atoms with E-state index in [1.54, 1.807) is 29.1 Å². The number of carbonyl (C=O) groups excluding carboxylic acids is 2. The molecule has 10 nitrogen and oxygen atoms in total. The Balaban J connectivity index is 2.10. The molecule has 1 aromatic carbocycles. The smallest absolute Gasteiger partial charge is 0.365 e. The molecule has 0 radical (unpaired) electrons. The Bertz CT molecular complexity index is 1330. The summed E-state index contributed by atoms with van der Waals surface area (Å²) in [7, 11) is 0. The highest BCUT2D eigenvalue weighted by molar-refractivity contribution is 5.98. The van der Waals surface area contributed by atoms with Crippen LogP contribution in [0.4, 0.5) is 37.8 Å². The van der Waals surface area contributed by atoms with Crippen LogP contribution < -0.4 is 16.2 Å². The van der Waals surface area contributed by atoms with Crippen LogP contribution >= 0.6 is 0 Å². The van der Waals surface area contributed by atoms with Crippen LogP contribution in [-0.4, -0.2) is 39.0 Å². The highest BCUT2D eigenvalue weighted by Gasteiger charge is 2.61. The zero-order valence-corrected chi connectivity index (χ0v) is 21.7. The van der Waals surface area contributed by atoms with E-state index in [0.29, 0.717) is 5.56 Å². The van der Waals surface area contributed by atoms with E-state index in [0.717, 1.165) is 6.08 Å². The topological polar surface area (TPSA) is 135 Å². The molecule has 0 aliphatic carbocycles. The summed E-state index contributed by atoms with van der Waals surface area (Å²) in [5, 5.41) is 14.1. The SMILES string of the molecule is CC1(C)CC/C=C/CC(OCc2ccccc2)(C(F)(F)F)C(=O)NNC(=O)c2nc(c(C(F)(F)F)cc2[N+](=O)[O-])N1. The van der Waals surface area contributed by atoms with Gasteiger partial charge in [0.2, 0.25) is 11.3 Å². The monoisotopic (exact) mass is 589 g/mol. The van der Waals surface area contributed by atoms with E-state index in [9.17, 15) is 46.0 Å². The van der Waals surface area contributed by atoms with E-state index in [1.165, 1.54) is 32.1 Å². The molecule has 3 N–H and O–H groups in total. The lowest BCUT2D eigenvalue weighted by Crippen LogP contribution is -2.61. The first-order valence-corrected chi connectivity index (χ1v) is 12.0. The summed E-state index contributed by atoms with van der Waals surface area (Å²) in [6.45, 7) is 2.29. The zero-order chi connectivity index (χ0) is 30.6. The minimum absolute atomic E-state index is 0.0482. The van der Waals surface area contributed by atoms with Crippen LogP contribution in [-0.2, 0) is 22.3 Å². The van der Waals surface area contributed by atoms with Crippen LogP contribution in [0.5, 0.6) is 0 Å². The van der Waals surface area contributed by atoms with Crippen molar-refractivity contribution >= 4 is 23.3 Å². The summed E-state index contributed by atoms with van der Waals surface area (Å²) < 4.78 is 89.8. The van der Waals surface area contributed by atoms with Gasteiger partial charge < -0.3 is 10.1 Å². The minimum atomic E-state index is -5.32. The quantitative estimate of drug-likeness (QED) is 0.193. The number of fused-ring (bicyclic) bond motifs is 2. The molecule has 16 heteroatoms. The maximum Gasteiger partial charge on any atom is 0.427 e. The number of aromatic nitrogens is 1. The van der Waals surface area contributed by atoms with E-state index in [1.807, 2.05) is 0 Å². The molecule has 3 rings (SSSR count). The van der Waals surface area contributed by atoms with Gasteiger partial charge in [0.05, 0.1) is 11.5 Å². The molecular weight excluding hydrogens is 564 g/mol. The number of benzene rings is 1. The van der Waals surface area contributed by atoms with Gasteiger partial charge in [-0.1, -0.05) is 42.5 Å². The fraction of sp³-hybridized carbons (Fsp3) is 0.400. The predicted octanol–water partition coefficient (Wildman–Crippen LogP) is 5.22. The Morgan fingerprint density at radius 3 is 2.29 bits per heavy atom. The number of ether oxygens (including phenoxy) is 1. The highest BCUT2D eigenvalue weighted by atomic mass is 19.4. The van der Waals surface area contributed by atoms with Crippen LogP contribution in [0.2, 0.25) is 0 Å². The van der Waals surface area contributed by atoms with Gasteiger partial charge in [0.15, 0.2) is 0 Å². The molecule has 2 aromatic rings. The van der Waals surface area contributed by atoms with Gasteiger partial charge in [0.1, 0.15) is 11.4 Å². The molecule has 0 saturated heterocycles. The van der Waals surface area contributed by atoms with E-state index >= 15 is 0 Å². The lowest BCUT2D eigenvalue weighted by Gasteiger charge is -2.33. The number of carbonyl (C=O) groups is 2. The van der Waals surface area contributed by atoms with Crippen molar-refractivity contribution in [3.63, 3.8) is 0 Å². The predicted molar refractivity (Wildman–Crippen MR) is 132 cm³/mol. The number of pyridine rings is 1. The first kappa shape index (κ1) is 31.3. The molecule has 0 spiro atoms. The lowest BCUT2D eigenvalue weighted by atomic mass is 9.95. The van der Waals surface area contributed by atoms with E-state index in [2.05, 4.69) is 10.3 Å². The molecule has 1 unspecified atom stereocenters. The standard InChI is InChI=1S/C25H25F6N5O5/c1-22(2)11-7-4-8-12-23(25(29,30)31,41-14-15-9-5-3-6-10-15)21(38)35-34-20(37)18-17(36(39)40)13-16(24(26,27)28)19(32-18)33-22/h3-6,8-10,13H,7,11-12,14H2,1-2H3,(H,32,33)(H,34,37)(H,35,38)/b8-4+. The van der Waals surface area contributed by atoms with Crippen LogP contribution in [0.25, 0.3) is 0 Å². The van der Waals surface area contributed by atoms with Crippen molar-refractivity contribution in [2.45, 2.75) is 63.2 Å². The molecule has 0 saturated carbocycles. The van der Waals surface area contributed by atoms with Crippen molar-refractivity contribution in [3.05, 3.63) is 75.5 Å². The fourth-order valence-corrected chi connectivity index (χ4v) is 3.91. The normalized spacial score (nSPS) is 21.0. The van der Waals surface area contributed by atoms with E-state index < -0.39 is 76.0 Å². The summed E-state index contributed by atoms with van der Waals surface area (Å²) in [5.74, 6) is -4.43. The number of amides is 2. The second-order valence-corrected chi connectivity index (χ2v) is 9.74. The van der Waals surface area contributed by atoms with E-state index in [-0.39, 0.29) is 18.9 Å². The zero-order valence-electron chi connectivity index (χ0n) is 21.7. The van der Waals surface area contributed by atoms with Gasteiger partial charge in [-0.3, -0.25) is 30.6 Å². The number of halogens is 6. The average Bonchev–Trinajstić information content (AvgIpc) is 2.86. The van der Waals surface area contributed by atoms with E-state index in [4.69, 9.17) is 4.74 Å². The molecule has 41 heavy (non-hydrogen) atoms. The minimum Gasteiger partial charge on any atom is -0.365 e. The summed E-state index contributed by atoms with van der Waals surface area (Å²) in [5.41, 5.74) is -5.37. The number of nitrogens with zero attached hydrogens (tertiary/aromatic N) is 2. The molecule has 222 valence electrons. The Kier molecular flexibility index (Phi) is 8.95. The Morgan fingerprint density at radius 1 is 1.05 bits per heavy atom. The maximum atomic E-state index is 14.5. The second kappa shape index (κ2) is 11.7. The van der Waals surface area contributed by atoms with Gasteiger partial charge in [-0.05, 0) is 32.3 Å². The number of alkyl halides is 6. The number of hydrogen-bond donors (Lipinski definition) is 3. The van der Waals surface area contributed by atoms with Crippen molar-refractivity contribution < 1.29 is 45.6 Å². The number of anilines is 1. The van der Waals surface area contributed by atoms with Crippen molar-refractivity contribution in [1.82, 2.24) is 15.8 Å². The molecule has 1 aliphatic rings. The number of hydrazine groups is 1. The number of nitro groups is 1. The first-order valence-electron chi connectivity index (χ1n) is 12.0. The van der Waals surface area contributed by atoms with Gasteiger partial charge in [-0.25, -0.2) is 4.98 Å². The number of hydrogen-bond acceptors (Lipinski definition) is 7. The molecule has 1 aliphatic heterocycles. The van der Waals surface area contributed by atoms with Crippen molar-refractivity contribution in [2.75, 3.05) is 5.32 Å². The van der Waals surface area contributed by atoms with Crippen LogP contribution in [0.1, 0.15) is 54.7 Å². The van der Waals surface area contributed by atoms with Gasteiger partial charge in [-0.2, -0.15) is 26.3 Å². The van der Waals surface area contributed by atoms with Crippen LogP contribution in [0.15, 0.2) is 48.6 Å². The molecule has 1 atom stereocenters. The second-order valence-electron chi connectivity index (χ2n) is 9.74. The highest BCUT2D eigenvalue weighted by Crippen LogP contribution is 2.40. The maximum absolute atomic E-state index is 14.5. The molecule has 0 fully saturated rings. The lowest BCUT2D eigenvalue weighted by molar-refractivity contribution is -0.385. The Morgan fingerprint density at radius 2 is 1.71 bits per heavy atom. The van der Waals surface area contributed by atoms with Crippen molar-refractivity contribution in [1.29, 1.82) is 0 Å². The summed E-state index contributed by atoms with van der Waals surface area (Å²) in [6.07, 6.45) is -9.01. The first-order chi connectivity index (χ1) is 19.0. The van der Waals surface area contributed by atoms with Gasteiger partial charge in [0.25, 0.3) is 11.8 Å². The molecule has 1 aromatic heterocycles. The Labute approximate surface area is 229 Å². The largest absolute Gasteiger partial charge is 0.427 e. The van der Waals surface area contributed by atoms with Crippen molar-refractivity contribution in [2.24, 2.45) is 0 Å². The van der Waals surface area contributed by atoms with Crippen LogP contribution in [0, 0.1) is 10.1 Å². The summed E-state index contributed by atoms with van der Waals surface area (Å²) in [6, 6.07) is 7.73. The van der Waals surface area contributed by atoms with Crippen molar-refractivity contribution in [3.8, 4) is 0 Å². The van der Waals surface area contributed by atoms with Crippen LogP contribution in [0.3, 0.4) is 0 Å². The third-order valence-corrected chi connectivity index (χ3v) is 6.13. The number of nitrogens with one attached hydrogen (secondary N) is 3. The van der Waals surface area contributed by atoms with Gasteiger partial charge >= 0.3 is 18.0 Å². The fourth-order valence-electron chi connectivity index (χ4n) is 3.91. The van der Waals surface area contributed by atoms with Gasteiger partial charge in [0, 0.05) is 18.0 Å². The Hall–Kier alpha value is -4.21. The molecular formula is C25H25F6N5O5. The number of rotatable bonds is 4. The molecule has 2 heterocycles. The van der Waals surface area contributed by atoms with Gasteiger partial charge in [-0.15, -0.1) is 0 Å². The summed E-state index contributed by atoms with van der Waals surface area (Å²) >= 11 is 0. The molecule has 2 amide bonds. The summed E-state index contributed by atoms with van der Waals surface area (Å²) in [4.78, 5) is 39.6.